The molecule has 1 fully saturated rings. The normalized spacial score (nSPS) is 32.9. The Balaban J connectivity index is 2.47. The molecular weight excluding hydrogens is 290 g/mol. The minimum atomic E-state index is -2.01. The number of nitrogens with one attached hydrogen (secondary N) is 1. The van der Waals surface area contributed by atoms with Gasteiger partial charge in [0.05, 0.1) is 6.61 Å². The van der Waals surface area contributed by atoms with E-state index in [1.165, 1.54) is 10.8 Å². The molecule has 2 heterocycles. The number of aliphatic hydroxyl groups is 3. The van der Waals surface area contributed by atoms with Crippen molar-refractivity contribution in [3.05, 3.63) is 37.8 Å². The van der Waals surface area contributed by atoms with Crippen LogP contribution < -0.4 is 5.56 Å². The van der Waals surface area contributed by atoms with Crippen molar-refractivity contribution in [3.8, 4) is 0 Å². The summed E-state index contributed by atoms with van der Waals surface area (Å²) in [5, 5.41) is 32.3. The van der Waals surface area contributed by atoms with Gasteiger partial charge in [-0.25, -0.2) is 0 Å². The zero-order chi connectivity index (χ0) is 14.9. The first-order valence-electron chi connectivity index (χ1n) is 5.48. The second kappa shape index (κ2) is 5.32. The van der Waals surface area contributed by atoms with Crippen LogP contribution in [0.4, 0.5) is 0 Å². The largest absolute Gasteiger partial charge is 0.393 e. The third-order valence-corrected chi connectivity index (χ3v) is 3.28. The van der Waals surface area contributed by atoms with Crippen molar-refractivity contribution in [2.75, 3.05) is 6.61 Å². The lowest BCUT2D eigenvalue weighted by atomic mass is 10.1. The van der Waals surface area contributed by atoms with Crippen molar-refractivity contribution in [1.29, 1.82) is 0 Å². The summed E-state index contributed by atoms with van der Waals surface area (Å²) in [6, 6.07) is 1.14. The molecule has 0 aromatic carbocycles. The number of ether oxygens (including phenoxy) is 1. The average Bonchev–Trinajstić information content (AvgIpc) is 2.65. The molecule has 1 saturated heterocycles. The Bertz CT molecular complexity index is 667. The number of nitrogens with zero attached hydrogens (tertiary/aromatic N) is 4. The molecule has 108 valence electrons. The summed E-state index contributed by atoms with van der Waals surface area (Å²) in [5.74, 6) is 0. The average molecular weight is 301 g/mol. The van der Waals surface area contributed by atoms with E-state index in [0.717, 1.165) is 6.07 Å². The van der Waals surface area contributed by atoms with Crippen LogP contribution in [0.25, 0.3) is 10.4 Å². The van der Waals surface area contributed by atoms with Crippen LogP contribution in [0.3, 0.4) is 0 Å². The third kappa shape index (κ3) is 2.22. The highest BCUT2D eigenvalue weighted by Gasteiger charge is 2.54. The molecular formula is C9H11N5O5S. The second-order valence-corrected chi connectivity index (χ2v) is 4.54. The van der Waals surface area contributed by atoms with Crippen LogP contribution in [0.15, 0.2) is 22.2 Å². The zero-order valence-electron chi connectivity index (χ0n) is 9.95. The fraction of sp³-hybridized carbons (Fsp3) is 0.556. The Morgan fingerprint density at radius 1 is 1.65 bits per heavy atom. The third-order valence-electron chi connectivity index (χ3n) is 2.97. The van der Waals surface area contributed by atoms with Crippen LogP contribution in [-0.2, 0) is 4.74 Å². The van der Waals surface area contributed by atoms with Gasteiger partial charge in [-0.1, -0.05) is 5.11 Å². The van der Waals surface area contributed by atoms with Gasteiger partial charge in [-0.05, 0) is 17.7 Å². The summed E-state index contributed by atoms with van der Waals surface area (Å²) >= 11 is 4.91. The van der Waals surface area contributed by atoms with Crippen LogP contribution in [0, 0.1) is 4.77 Å². The molecule has 2 rings (SSSR count). The molecule has 1 aliphatic rings. The lowest BCUT2D eigenvalue weighted by Gasteiger charge is -2.23. The zero-order valence-corrected chi connectivity index (χ0v) is 10.8. The van der Waals surface area contributed by atoms with Crippen molar-refractivity contribution in [1.82, 2.24) is 9.55 Å². The van der Waals surface area contributed by atoms with Gasteiger partial charge in [-0.15, -0.1) is 0 Å². The van der Waals surface area contributed by atoms with Gasteiger partial charge in [-0.2, -0.15) is 0 Å². The van der Waals surface area contributed by atoms with Crippen molar-refractivity contribution in [2.45, 2.75) is 24.2 Å². The molecule has 1 unspecified atom stereocenters. The number of hydrogen-bond donors (Lipinski definition) is 4. The van der Waals surface area contributed by atoms with Crippen LogP contribution in [0.2, 0.25) is 0 Å². The van der Waals surface area contributed by atoms with Crippen LogP contribution >= 0.6 is 12.2 Å². The van der Waals surface area contributed by atoms with Crippen molar-refractivity contribution < 1.29 is 20.1 Å². The Morgan fingerprint density at radius 2 is 2.35 bits per heavy atom. The van der Waals surface area contributed by atoms with Gasteiger partial charge >= 0.3 is 0 Å². The predicted molar refractivity (Wildman–Crippen MR) is 67.0 cm³/mol. The molecule has 11 heteroatoms. The standard InChI is InChI=1S/C9H11N5O5S/c10-13-12-9(3-15)6(18)5(17)7(19-9)14-2-1-4(16)11-8(14)20/h1-2,5-7,15,17-18H,3H2,(H,11,16,20)/t5-,6?,7+,9+/m0/s1. The van der Waals surface area contributed by atoms with E-state index in [2.05, 4.69) is 15.0 Å². The van der Waals surface area contributed by atoms with Gasteiger partial charge in [0, 0.05) is 17.2 Å². The molecule has 4 N–H and O–H groups in total. The molecule has 1 aromatic heterocycles. The molecule has 0 aliphatic carbocycles. The molecule has 0 amide bonds. The van der Waals surface area contributed by atoms with E-state index in [0.29, 0.717) is 0 Å². The Hall–Kier alpha value is -1.75. The van der Waals surface area contributed by atoms with E-state index in [1.807, 2.05) is 0 Å². The summed E-state index contributed by atoms with van der Waals surface area (Å²) in [6.07, 6.45) is -3.12. The molecule has 10 nitrogen and oxygen atoms in total. The smallest absolute Gasteiger partial charge is 0.251 e. The Kier molecular flexibility index (Phi) is 3.90. The van der Waals surface area contributed by atoms with Crippen LogP contribution in [-0.4, -0.2) is 49.4 Å². The first kappa shape index (κ1) is 14.7. The molecule has 20 heavy (non-hydrogen) atoms. The van der Waals surface area contributed by atoms with E-state index < -0.39 is 36.3 Å². The van der Waals surface area contributed by atoms with Crippen molar-refractivity contribution >= 4 is 12.2 Å². The maximum absolute atomic E-state index is 11.1. The fourth-order valence-corrected chi connectivity index (χ4v) is 2.21. The highest BCUT2D eigenvalue weighted by atomic mass is 32.1. The van der Waals surface area contributed by atoms with Crippen LogP contribution in [0.5, 0.6) is 0 Å². The first-order chi connectivity index (χ1) is 9.45. The summed E-state index contributed by atoms with van der Waals surface area (Å²) in [6.45, 7) is -0.831. The van der Waals surface area contributed by atoms with E-state index >= 15 is 0 Å². The Labute approximate surface area is 116 Å². The second-order valence-electron chi connectivity index (χ2n) is 4.15. The molecule has 0 bridgehead atoms. The molecule has 0 spiro atoms. The van der Waals surface area contributed by atoms with E-state index in [4.69, 9.17) is 22.5 Å². The lowest BCUT2D eigenvalue weighted by molar-refractivity contribution is -0.124. The number of rotatable bonds is 3. The SMILES string of the molecule is [N-]=[N+]=N[C@]1(CO)O[C@@H](n2ccc(=O)[nH]c2=S)[C@@H](O)C1O. The topological polar surface area (TPSA) is 156 Å². The molecule has 1 aromatic rings. The van der Waals surface area contributed by atoms with Gasteiger partial charge in [0.1, 0.15) is 12.2 Å². The summed E-state index contributed by atoms with van der Waals surface area (Å²) in [5.41, 5.74) is 6.02. The number of aliphatic hydroxyl groups excluding tert-OH is 3. The summed E-state index contributed by atoms with van der Waals surface area (Å²) < 4.78 is 6.40. The number of aromatic nitrogens is 2. The molecule has 0 radical (unpaired) electrons. The van der Waals surface area contributed by atoms with Gasteiger partial charge in [0.2, 0.25) is 5.72 Å². The number of H-pyrrole nitrogens is 1. The maximum Gasteiger partial charge on any atom is 0.251 e. The first-order valence-corrected chi connectivity index (χ1v) is 5.88. The van der Waals surface area contributed by atoms with E-state index in [9.17, 15) is 20.1 Å². The molecule has 1 aliphatic heterocycles. The van der Waals surface area contributed by atoms with Gasteiger partial charge in [0.15, 0.2) is 11.0 Å². The number of azide groups is 1. The van der Waals surface area contributed by atoms with Crippen molar-refractivity contribution in [3.63, 3.8) is 0 Å². The monoisotopic (exact) mass is 301 g/mol. The minimum Gasteiger partial charge on any atom is -0.393 e. The van der Waals surface area contributed by atoms with E-state index in [-0.39, 0.29) is 4.77 Å². The summed E-state index contributed by atoms with van der Waals surface area (Å²) in [4.78, 5) is 15.9. The number of hydrogen-bond acceptors (Lipinski definition) is 7. The van der Waals surface area contributed by atoms with Gasteiger partial charge < -0.3 is 20.1 Å². The predicted octanol–water partition coefficient (Wildman–Crippen LogP) is -0.845. The quantitative estimate of drug-likeness (QED) is 0.246. The van der Waals surface area contributed by atoms with Gasteiger partial charge in [0.25, 0.3) is 5.56 Å². The highest BCUT2D eigenvalue weighted by Crippen LogP contribution is 2.38. The van der Waals surface area contributed by atoms with Crippen molar-refractivity contribution in [2.24, 2.45) is 5.11 Å². The lowest BCUT2D eigenvalue weighted by Crippen LogP contribution is -2.44. The minimum absolute atomic E-state index is 0.0524. The fourth-order valence-electron chi connectivity index (χ4n) is 1.94. The number of aromatic amines is 1. The molecule has 4 atom stereocenters. The maximum atomic E-state index is 11.1. The highest BCUT2D eigenvalue weighted by molar-refractivity contribution is 7.71. The summed E-state index contributed by atoms with van der Waals surface area (Å²) in [7, 11) is 0. The molecule has 0 saturated carbocycles. The Morgan fingerprint density at radius 3 is 2.90 bits per heavy atom. The van der Waals surface area contributed by atoms with Gasteiger partial charge in [-0.3, -0.25) is 14.3 Å². The van der Waals surface area contributed by atoms with Crippen LogP contribution in [0.1, 0.15) is 6.23 Å². The van der Waals surface area contributed by atoms with E-state index in [1.54, 1.807) is 0 Å².